The molecule has 20 heavy (non-hydrogen) atoms. The van der Waals surface area contributed by atoms with Crippen LogP contribution in [0.15, 0.2) is 24.3 Å². The Morgan fingerprint density at radius 1 is 1.15 bits per heavy atom. The van der Waals surface area contributed by atoms with E-state index < -0.39 is 0 Å². The Morgan fingerprint density at radius 2 is 1.70 bits per heavy atom. The van der Waals surface area contributed by atoms with Crippen molar-refractivity contribution < 1.29 is 0 Å². The number of hydrogen-bond donors (Lipinski definition) is 1. The van der Waals surface area contributed by atoms with Crippen molar-refractivity contribution in [3.8, 4) is 0 Å². The molecule has 1 unspecified atom stereocenters. The Bertz CT molecular complexity index is 406. The molecular weight excluding hydrogens is 268 g/mol. The molecule has 1 atom stereocenters. The van der Waals surface area contributed by atoms with Gasteiger partial charge in [0, 0.05) is 10.6 Å². The lowest BCUT2D eigenvalue weighted by molar-refractivity contribution is 0.0655. The maximum Gasteiger partial charge on any atom is 0.0504 e. The lowest BCUT2D eigenvalue weighted by atomic mass is 9.82. The van der Waals surface area contributed by atoms with E-state index in [4.69, 9.17) is 11.6 Å². The molecule has 0 saturated heterocycles. The molecule has 1 aliphatic carbocycles. The molecular formula is C17H27ClN2. The van der Waals surface area contributed by atoms with Crippen molar-refractivity contribution in [2.45, 2.75) is 51.1 Å². The minimum absolute atomic E-state index is 0.256. The van der Waals surface area contributed by atoms with Crippen LogP contribution in [0.2, 0.25) is 5.02 Å². The summed E-state index contributed by atoms with van der Waals surface area (Å²) in [5.74, 6) is 0. The first-order chi connectivity index (χ1) is 9.67. The Kier molecular flexibility index (Phi) is 5.48. The van der Waals surface area contributed by atoms with E-state index in [-0.39, 0.29) is 5.54 Å². The van der Waals surface area contributed by atoms with Crippen LogP contribution < -0.4 is 5.32 Å². The first kappa shape index (κ1) is 15.8. The molecule has 0 radical (unpaired) electrons. The van der Waals surface area contributed by atoms with Gasteiger partial charge in [0.1, 0.15) is 0 Å². The number of rotatable bonds is 6. The number of likely N-dealkylation sites (N-methyl/N-ethyl adjacent to an activating group) is 2. The number of hydrogen-bond acceptors (Lipinski definition) is 2. The van der Waals surface area contributed by atoms with Gasteiger partial charge in [0.05, 0.1) is 6.04 Å². The first-order valence-corrected chi connectivity index (χ1v) is 8.23. The van der Waals surface area contributed by atoms with Crippen LogP contribution >= 0.6 is 11.6 Å². The lowest BCUT2D eigenvalue weighted by Gasteiger charge is -2.46. The smallest absolute Gasteiger partial charge is 0.0504 e. The van der Waals surface area contributed by atoms with E-state index in [2.05, 4.69) is 43.2 Å². The molecule has 0 aromatic heterocycles. The zero-order valence-corrected chi connectivity index (χ0v) is 13.7. The van der Waals surface area contributed by atoms with Crippen LogP contribution in [0.1, 0.15) is 51.1 Å². The molecule has 112 valence electrons. The summed E-state index contributed by atoms with van der Waals surface area (Å²) in [5, 5.41) is 4.40. The van der Waals surface area contributed by atoms with E-state index >= 15 is 0 Å². The van der Waals surface area contributed by atoms with E-state index in [1.54, 1.807) is 0 Å². The third-order valence-corrected chi connectivity index (χ3v) is 5.14. The van der Waals surface area contributed by atoms with Crippen molar-refractivity contribution in [2.75, 3.05) is 20.1 Å². The average Bonchev–Trinajstić information content (AvgIpc) is 2.93. The fourth-order valence-corrected chi connectivity index (χ4v) is 4.15. The monoisotopic (exact) mass is 294 g/mol. The van der Waals surface area contributed by atoms with E-state index in [1.807, 2.05) is 12.1 Å². The van der Waals surface area contributed by atoms with Crippen LogP contribution in [-0.4, -0.2) is 30.6 Å². The van der Waals surface area contributed by atoms with Crippen LogP contribution in [0.5, 0.6) is 0 Å². The highest BCUT2D eigenvalue weighted by molar-refractivity contribution is 6.30. The van der Waals surface area contributed by atoms with Crippen molar-refractivity contribution in [3.63, 3.8) is 0 Å². The maximum absolute atomic E-state index is 6.04. The van der Waals surface area contributed by atoms with Crippen molar-refractivity contribution in [2.24, 2.45) is 0 Å². The van der Waals surface area contributed by atoms with Gasteiger partial charge < -0.3 is 5.32 Å². The number of benzene rings is 1. The largest absolute Gasteiger partial charge is 0.311 e. The molecule has 3 heteroatoms. The summed E-state index contributed by atoms with van der Waals surface area (Å²) in [7, 11) is 2.09. The highest BCUT2D eigenvalue weighted by atomic mass is 35.5. The fraction of sp³-hybridized carbons (Fsp3) is 0.647. The van der Waals surface area contributed by atoms with Gasteiger partial charge in [-0.05, 0) is 50.7 Å². The summed E-state index contributed by atoms with van der Waals surface area (Å²) >= 11 is 6.04. The van der Waals surface area contributed by atoms with Crippen molar-refractivity contribution in [1.82, 2.24) is 10.2 Å². The Balaban J connectivity index is 2.37. The van der Waals surface area contributed by atoms with Gasteiger partial charge in [0.2, 0.25) is 0 Å². The second-order valence-corrected chi connectivity index (χ2v) is 6.19. The minimum atomic E-state index is 0.256. The predicted molar refractivity (Wildman–Crippen MR) is 87.4 cm³/mol. The van der Waals surface area contributed by atoms with E-state index in [0.717, 1.165) is 18.1 Å². The normalized spacial score (nSPS) is 19.4. The summed E-state index contributed by atoms with van der Waals surface area (Å²) in [6.07, 6.45) is 5.23. The highest BCUT2D eigenvalue weighted by Crippen LogP contribution is 2.44. The third kappa shape index (κ3) is 2.88. The summed E-state index contributed by atoms with van der Waals surface area (Å²) in [6, 6.07) is 8.74. The summed E-state index contributed by atoms with van der Waals surface area (Å²) in [5.41, 5.74) is 1.61. The van der Waals surface area contributed by atoms with Gasteiger partial charge in [-0.25, -0.2) is 0 Å². The summed E-state index contributed by atoms with van der Waals surface area (Å²) in [6.45, 7) is 6.78. The highest BCUT2D eigenvalue weighted by Gasteiger charge is 2.44. The number of halogens is 1. The molecule has 1 aromatic rings. The lowest BCUT2D eigenvalue weighted by Crippen LogP contribution is -2.54. The molecule has 0 amide bonds. The van der Waals surface area contributed by atoms with Gasteiger partial charge in [-0.1, -0.05) is 50.4 Å². The standard InChI is InChI=1S/C17H27ClN2/c1-4-20(5-2)17(12-6-7-13-17)16(19-3)14-8-10-15(18)11-9-14/h8-11,16,19H,4-7,12-13H2,1-3H3. The van der Waals surface area contributed by atoms with Gasteiger partial charge >= 0.3 is 0 Å². The zero-order chi connectivity index (χ0) is 14.6. The van der Waals surface area contributed by atoms with Crippen LogP contribution in [0.4, 0.5) is 0 Å². The quantitative estimate of drug-likeness (QED) is 0.843. The van der Waals surface area contributed by atoms with Crippen molar-refractivity contribution >= 4 is 11.6 Å². The second kappa shape index (κ2) is 6.93. The molecule has 0 heterocycles. The molecule has 0 aliphatic heterocycles. The topological polar surface area (TPSA) is 15.3 Å². The number of nitrogens with one attached hydrogen (secondary N) is 1. The van der Waals surface area contributed by atoms with Crippen LogP contribution in [0.25, 0.3) is 0 Å². The molecule has 2 rings (SSSR count). The Hall–Kier alpha value is -0.570. The molecule has 0 spiro atoms. The van der Waals surface area contributed by atoms with Crippen LogP contribution in [-0.2, 0) is 0 Å². The van der Waals surface area contributed by atoms with Gasteiger partial charge in [0.25, 0.3) is 0 Å². The van der Waals surface area contributed by atoms with Crippen LogP contribution in [0, 0.1) is 0 Å². The van der Waals surface area contributed by atoms with Gasteiger partial charge in [-0.2, -0.15) is 0 Å². The zero-order valence-electron chi connectivity index (χ0n) is 13.0. The summed E-state index contributed by atoms with van der Waals surface area (Å²) < 4.78 is 0. The van der Waals surface area contributed by atoms with Gasteiger partial charge in [0.15, 0.2) is 0 Å². The van der Waals surface area contributed by atoms with Crippen molar-refractivity contribution in [3.05, 3.63) is 34.9 Å². The second-order valence-electron chi connectivity index (χ2n) is 5.76. The van der Waals surface area contributed by atoms with E-state index in [9.17, 15) is 0 Å². The molecule has 1 fully saturated rings. The minimum Gasteiger partial charge on any atom is -0.311 e. The molecule has 1 aliphatic rings. The first-order valence-electron chi connectivity index (χ1n) is 7.85. The molecule has 1 N–H and O–H groups in total. The molecule has 2 nitrogen and oxygen atoms in total. The predicted octanol–water partition coefficient (Wildman–Crippen LogP) is 4.26. The summed E-state index contributed by atoms with van der Waals surface area (Å²) in [4.78, 5) is 2.65. The third-order valence-electron chi connectivity index (χ3n) is 4.89. The SMILES string of the molecule is CCN(CC)C1(C(NC)c2ccc(Cl)cc2)CCCC1. The maximum atomic E-state index is 6.04. The van der Waals surface area contributed by atoms with Gasteiger partial charge in [-0.15, -0.1) is 0 Å². The molecule has 1 saturated carbocycles. The van der Waals surface area contributed by atoms with Crippen molar-refractivity contribution in [1.29, 1.82) is 0 Å². The van der Waals surface area contributed by atoms with E-state index in [0.29, 0.717) is 6.04 Å². The van der Waals surface area contributed by atoms with Crippen LogP contribution in [0.3, 0.4) is 0 Å². The Morgan fingerprint density at radius 3 is 2.15 bits per heavy atom. The van der Waals surface area contributed by atoms with Gasteiger partial charge in [-0.3, -0.25) is 4.90 Å². The average molecular weight is 295 g/mol. The molecule has 1 aromatic carbocycles. The molecule has 0 bridgehead atoms. The fourth-order valence-electron chi connectivity index (χ4n) is 4.03. The Labute approximate surface area is 128 Å². The van der Waals surface area contributed by atoms with E-state index in [1.165, 1.54) is 31.2 Å². The number of nitrogens with zero attached hydrogens (tertiary/aromatic N) is 1.